The van der Waals surface area contributed by atoms with E-state index in [-0.39, 0.29) is 0 Å². The molecule has 0 atom stereocenters. The minimum Gasteiger partial charge on any atom is -0.311 e. The molecule has 0 radical (unpaired) electrons. The van der Waals surface area contributed by atoms with Crippen molar-refractivity contribution in [2.45, 2.75) is 0 Å². The van der Waals surface area contributed by atoms with Crippen LogP contribution in [0.5, 0.6) is 0 Å². The number of para-hydroxylation sites is 1. The highest BCUT2D eigenvalue weighted by atomic mass is 15.1. The Labute approximate surface area is 243 Å². The van der Waals surface area contributed by atoms with Crippen LogP contribution in [0.2, 0.25) is 0 Å². The summed E-state index contributed by atoms with van der Waals surface area (Å²) in [5.41, 5.74) is 10.5. The molecule has 1 heteroatoms. The minimum atomic E-state index is 1.11. The molecule has 6 aromatic carbocycles. The standard InChI is InChI=1S/C40H31N/c1-5-13-32(14-6-1)21-22-33-23-27-38(28-24-33)41(37-19-11-4-12-20-37)39-29-25-34(26-30-39)31-40(35-15-7-2-8-16-35)36-17-9-3-10-18-36/h1-31H. The lowest BCUT2D eigenvalue weighted by atomic mass is 9.95. The first kappa shape index (κ1) is 25.9. The maximum absolute atomic E-state index is 2.30. The molecule has 0 N–H and O–H groups in total. The molecule has 6 aromatic rings. The fourth-order valence-corrected chi connectivity index (χ4v) is 4.97. The third kappa shape index (κ3) is 6.43. The van der Waals surface area contributed by atoms with Gasteiger partial charge in [-0.15, -0.1) is 0 Å². The van der Waals surface area contributed by atoms with E-state index >= 15 is 0 Å². The smallest absolute Gasteiger partial charge is 0.0462 e. The maximum atomic E-state index is 2.30. The third-order valence-electron chi connectivity index (χ3n) is 7.07. The Morgan fingerprint density at radius 2 is 0.707 bits per heavy atom. The third-order valence-corrected chi connectivity index (χ3v) is 7.07. The molecule has 0 unspecified atom stereocenters. The van der Waals surface area contributed by atoms with Gasteiger partial charge in [-0.05, 0) is 75.9 Å². The van der Waals surface area contributed by atoms with Gasteiger partial charge in [-0.2, -0.15) is 0 Å². The summed E-state index contributed by atoms with van der Waals surface area (Å²) >= 11 is 0. The fraction of sp³-hybridized carbons (Fsp3) is 0. The molecule has 0 aliphatic carbocycles. The number of anilines is 3. The van der Waals surface area contributed by atoms with E-state index in [0.29, 0.717) is 0 Å². The number of nitrogens with zero attached hydrogens (tertiary/aromatic N) is 1. The van der Waals surface area contributed by atoms with E-state index in [0.717, 1.165) is 22.6 Å². The Morgan fingerprint density at radius 3 is 1.20 bits per heavy atom. The predicted octanol–water partition coefficient (Wildman–Crippen LogP) is 10.9. The van der Waals surface area contributed by atoms with Gasteiger partial charge >= 0.3 is 0 Å². The zero-order valence-electron chi connectivity index (χ0n) is 22.8. The summed E-state index contributed by atoms with van der Waals surface area (Å²) in [5, 5.41) is 0. The lowest BCUT2D eigenvalue weighted by Gasteiger charge is -2.25. The average molecular weight is 526 g/mol. The zero-order valence-corrected chi connectivity index (χ0v) is 22.8. The van der Waals surface area contributed by atoms with Crippen LogP contribution in [0.15, 0.2) is 170 Å². The van der Waals surface area contributed by atoms with E-state index in [1.165, 1.54) is 27.8 Å². The van der Waals surface area contributed by atoms with Crippen LogP contribution >= 0.6 is 0 Å². The minimum absolute atomic E-state index is 1.11. The van der Waals surface area contributed by atoms with Gasteiger partial charge in [0.2, 0.25) is 0 Å². The molecule has 6 rings (SSSR count). The summed E-state index contributed by atoms with van der Waals surface area (Å²) in [6.07, 6.45) is 6.58. The van der Waals surface area contributed by atoms with Crippen LogP contribution in [0.4, 0.5) is 17.1 Å². The van der Waals surface area contributed by atoms with Crippen molar-refractivity contribution in [1.29, 1.82) is 0 Å². The van der Waals surface area contributed by atoms with Crippen molar-refractivity contribution in [1.82, 2.24) is 0 Å². The Kier molecular flexibility index (Phi) is 7.97. The van der Waals surface area contributed by atoms with Crippen molar-refractivity contribution in [2.24, 2.45) is 0 Å². The summed E-state index contributed by atoms with van der Waals surface area (Å²) in [4.78, 5) is 2.30. The van der Waals surface area contributed by atoms with Gasteiger partial charge in [0.1, 0.15) is 0 Å². The van der Waals surface area contributed by atoms with Gasteiger partial charge in [-0.1, -0.05) is 146 Å². The Balaban J connectivity index is 1.32. The van der Waals surface area contributed by atoms with Crippen molar-refractivity contribution in [3.8, 4) is 0 Å². The van der Waals surface area contributed by atoms with Crippen molar-refractivity contribution in [2.75, 3.05) is 4.90 Å². The van der Waals surface area contributed by atoms with E-state index in [2.05, 4.69) is 187 Å². The molecule has 196 valence electrons. The molecule has 0 fully saturated rings. The van der Waals surface area contributed by atoms with Gasteiger partial charge < -0.3 is 4.90 Å². The molecule has 0 saturated heterocycles. The second-order valence-corrected chi connectivity index (χ2v) is 9.89. The number of hydrogen-bond acceptors (Lipinski definition) is 1. The molecular weight excluding hydrogens is 494 g/mol. The molecule has 0 saturated carbocycles. The van der Waals surface area contributed by atoms with Crippen LogP contribution in [-0.4, -0.2) is 0 Å². The van der Waals surface area contributed by atoms with E-state index in [9.17, 15) is 0 Å². The summed E-state index contributed by atoms with van der Waals surface area (Å²) in [6, 6.07) is 59.6. The van der Waals surface area contributed by atoms with Crippen LogP contribution in [0.1, 0.15) is 27.8 Å². The Bertz CT molecular complexity index is 1680. The van der Waals surface area contributed by atoms with Crippen molar-refractivity contribution >= 4 is 40.9 Å². The van der Waals surface area contributed by atoms with Crippen LogP contribution in [-0.2, 0) is 0 Å². The van der Waals surface area contributed by atoms with Crippen LogP contribution in [0.25, 0.3) is 23.8 Å². The normalized spacial score (nSPS) is 10.8. The molecule has 0 aromatic heterocycles. The molecule has 0 aliphatic rings. The first-order valence-electron chi connectivity index (χ1n) is 13.9. The van der Waals surface area contributed by atoms with E-state index in [1.807, 2.05) is 6.07 Å². The molecule has 1 nitrogen and oxygen atoms in total. The van der Waals surface area contributed by atoms with Crippen molar-refractivity contribution in [3.05, 3.63) is 198 Å². The second-order valence-electron chi connectivity index (χ2n) is 9.89. The molecule has 0 spiro atoms. The van der Waals surface area contributed by atoms with E-state index in [1.54, 1.807) is 0 Å². The first-order valence-corrected chi connectivity index (χ1v) is 13.9. The zero-order chi connectivity index (χ0) is 27.7. The number of rotatable bonds is 8. The van der Waals surface area contributed by atoms with E-state index in [4.69, 9.17) is 0 Å². The van der Waals surface area contributed by atoms with Crippen molar-refractivity contribution in [3.63, 3.8) is 0 Å². The van der Waals surface area contributed by atoms with Gasteiger partial charge in [0.05, 0.1) is 0 Å². The molecule has 0 heterocycles. The topological polar surface area (TPSA) is 3.24 Å². The Morgan fingerprint density at radius 1 is 0.341 bits per heavy atom. The summed E-state index contributed by atoms with van der Waals surface area (Å²) in [5.74, 6) is 0. The maximum Gasteiger partial charge on any atom is 0.0462 e. The highest BCUT2D eigenvalue weighted by Crippen LogP contribution is 2.35. The van der Waals surface area contributed by atoms with Gasteiger partial charge in [0, 0.05) is 17.1 Å². The van der Waals surface area contributed by atoms with Gasteiger partial charge in [-0.3, -0.25) is 0 Å². The summed E-state index contributed by atoms with van der Waals surface area (Å²) in [6.45, 7) is 0. The molecule has 0 bridgehead atoms. The van der Waals surface area contributed by atoms with Crippen LogP contribution < -0.4 is 4.90 Å². The molecule has 0 aliphatic heterocycles. The summed E-state index contributed by atoms with van der Waals surface area (Å²) in [7, 11) is 0. The molecular formula is C40H31N. The highest BCUT2D eigenvalue weighted by Gasteiger charge is 2.12. The SMILES string of the molecule is C(=Cc1ccc(N(c2ccccc2)c2ccc(C=C(c3ccccc3)c3ccccc3)cc2)cc1)c1ccccc1. The summed E-state index contributed by atoms with van der Waals surface area (Å²) < 4.78 is 0. The average Bonchev–Trinajstić information content (AvgIpc) is 3.06. The largest absolute Gasteiger partial charge is 0.311 e. The predicted molar refractivity (Wildman–Crippen MR) is 176 cm³/mol. The fourth-order valence-electron chi connectivity index (χ4n) is 4.97. The second kappa shape index (κ2) is 12.6. The number of benzene rings is 6. The van der Waals surface area contributed by atoms with Gasteiger partial charge in [0.25, 0.3) is 0 Å². The van der Waals surface area contributed by atoms with E-state index < -0.39 is 0 Å². The van der Waals surface area contributed by atoms with Gasteiger partial charge in [0.15, 0.2) is 0 Å². The highest BCUT2D eigenvalue weighted by molar-refractivity contribution is 5.91. The molecule has 41 heavy (non-hydrogen) atoms. The van der Waals surface area contributed by atoms with Crippen LogP contribution in [0.3, 0.4) is 0 Å². The Hall–Kier alpha value is -5.40. The monoisotopic (exact) mass is 525 g/mol. The quantitative estimate of drug-likeness (QED) is 0.179. The number of hydrogen-bond donors (Lipinski definition) is 0. The van der Waals surface area contributed by atoms with Crippen molar-refractivity contribution < 1.29 is 0 Å². The van der Waals surface area contributed by atoms with Crippen LogP contribution in [0, 0.1) is 0 Å². The van der Waals surface area contributed by atoms with Gasteiger partial charge in [-0.25, -0.2) is 0 Å². The lowest BCUT2D eigenvalue weighted by molar-refractivity contribution is 1.28. The first-order chi connectivity index (χ1) is 20.3. The lowest BCUT2D eigenvalue weighted by Crippen LogP contribution is -2.09. The molecule has 0 amide bonds.